The van der Waals surface area contributed by atoms with E-state index in [2.05, 4.69) is 30.2 Å². The molecule has 1 aliphatic rings. The van der Waals surface area contributed by atoms with E-state index in [1.807, 2.05) is 25.3 Å². The molecule has 0 aromatic rings. The van der Waals surface area contributed by atoms with Crippen LogP contribution in [0.1, 0.15) is 27.2 Å². The minimum absolute atomic E-state index is 0.530. The van der Waals surface area contributed by atoms with E-state index in [0.717, 1.165) is 12.2 Å². The predicted molar refractivity (Wildman–Crippen MR) is 57.8 cm³/mol. The van der Waals surface area contributed by atoms with Gasteiger partial charge in [-0.15, -0.1) is 0 Å². The molecular formula is C11H18N2. The zero-order chi connectivity index (χ0) is 9.68. The molecule has 0 spiro atoms. The summed E-state index contributed by atoms with van der Waals surface area (Å²) < 4.78 is 0. The zero-order valence-electron chi connectivity index (χ0n) is 8.62. The summed E-state index contributed by atoms with van der Waals surface area (Å²) in [4.78, 5) is 4.30. The van der Waals surface area contributed by atoms with Gasteiger partial charge in [-0.05, 0) is 38.3 Å². The van der Waals surface area contributed by atoms with Crippen LogP contribution in [0.25, 0.3) is 0 Å². The van der Waals surface area contributed by atoms with Crippen LogP contribution in [0.3, 0.4) is 0 Å². The van der Waals surface area contributed by atoms with Gasteiger partial charge in [-0.3, -0.25) is 0 Å². The Morgan fingerprint density at radius 2 is 2.31 bits per heavy atom. The minimum Gasteiger partial charge on any atom is -0.368 e. The third kappa shape index (κ3) is 3.05. The van der Waals surface area contributed by atoms with Crippen molar-refractivity contribution in [1.29, 1.82) is 0 Å². The molecule has 0 bridgehead atoms. The van der Waals surface area contributed by atoms with Gasteiger partial charge in [0.25, 0.3) is 0 Å². The largest absolute Gasteiger partial charge is 0.368 e. The first-order valence-corrected chi connectivity index (χ1v) is 4.86. The molecule has 0 radical (unpaired) electrons. The number of nitrogens with zero attached hydrogens (tertiary/aromatic N) is 1. The summed E-state index contributed by atoms with van der Waals surface area (Å²) >= 11 is 0. The first kappa shape index (κ1) is 10.0. The summed E-state index contributed by atoms with van der Waals surface area (Å²) in [5.41, 5.74) is 0. The Hall–Kier alpha value is -1.05. The summed E-state index contributed by atoms with van der Waals surface area (Å²) in [5.74, 6) is 1.71. The fraction of sp³-hybridized carbons (Fsp3) is 0.545. The molecule has 2 nitrogen and oxygen atoms in total. The standard InChI is InChI=1S/C11H18N2/c1-4-5-8-12-11-7-6-9(2)10(3)13-11/h4-5,7-10,13H,6H2,1-3H3/b5-4-,12-8-. The van der Waals surface area contributed by atoms with Gasteiger partial charge in [-0.1, -0.05) is 13.0 Å². The molecule has 13 heavy (non-hydrogen) atoms. The Labute approximate surface area is 80.4 Å². The third-order valence-corrected chi connectivity index (χ3v) is 2.40. The van der Waals surface area contributed by atoms with Crippen LogP contribution in [0, 0.1) is 5.92 Å². The molecule has 2 heteroatoms. The first-order valence-electron chi connectivity index (χ1n) is 4.86. The lowest BCUT2D eigenvalue weighted by atomic mass is 9.97. The maximum absolute atomic E-state index is 4.30. The van der Waals surface area contributed by atoms with Crippen LogP contribution < -0.4 is 5.32 Å². The Morgan fingerprint density at radius 1 is 1.54 bits per heavy atom. The Kier molecular flexibility index (Phi) is 3.74. The van der Waals surface area contributed by atoms with Crippen LogP contribution in [0.5, 0.6) is 0 Å². The van der Waals surface area contributed by atoms with Crippen molar-refractivity contribution in [2.24, 2.45) is 10.9 Å². The van der Waals surface area contributed by atoms with Gasteiger partial charge in [0.15, 0.2) is 0 Å². The molecule has 1 aliphatic heterocycles. The van der Waals surface area contributed by atoms with Crippen molar-refractivity contribution in [3.05, 3.63) is 24.0 Å². The van der Waals surface area contributed by atoms with E-state index in [-0.39, 0.29) is 0 Å². The highest BCUT2D eigenvalue weighted by atomic mass is 15.1. The first-order chi connectivity index (χ1) is 6.24. The van der Waals surface area contributed by atoms with Crippen molar-refractivity contribution in [1.82, 2.24) is 5.32 Å². The van der Waals surface area contributed by atoms with Gasteiger partial charge in [0, 0.05) is 12.3 Å². The molecule has 0 aromatic heterocycles. The topological polar surface area (TPSA) is 24.4 Å². The molecule has 72 valence electrons. The van der Waals surface area contributed by atoms with E-state index in [0.29, 0.717) is 12.0 Å². The molecule has 1 N–H and O–H groups in total. The van der Waals surface area contributed by atoms with Crippen LogP contribution in [-0.2, 0) is 0 Å². The van der Waals surface area contributed by atoms with E-state index < -0.39 is 0 Å². The van der Waals surface area contributed by atoms with Crippen molar-refractivity contribution in [2.45, 2.75) is 33.2 Å². The second kappa shape index (κ2) is 4.85. The molecule has 0 amide bonds. The second-order valence-electron chi connectivity index (χ2n) is 3.54. The highest BCUT2D eigenvalue weighted by Gasteiger charge is 2.15. The van der Waals surface area contributed by atoms with E-state index >= 15 is 0 Å². The van der Waals surface area contributed by atoms with E-state index in [1.165, 1.54) is 0 Å². The molecule has 2 atom stereocenters. The molecule has 2 unspecified atom stereocenters. The van der Waals surface area contributed by atoms with Crippen molar-refractivity contribution in [3.63, 3.8) is 0 Å². The Balaban J connectivity index is 2.53. The zero-order valence-corrected chi connectivity index (χ0v) is 8.62. The third-order valence-electron chi connectivity index (χ3n) is 2.40. The number of aliphatic imine (C=N–C) groups is 1. The van der Waals surface area contributed by atoms with Crippen molar-refractivity contribution < 1.29 is 0 Å². The molecule has 0 saturated carbocycles. The van der Waals surface area contributed by atoms with Crippen molar-refractivity contribution in [3.8, 4) is 0 Å². The smallest absolute Gasteiger partial charge is 0.122 e. The maximum Gasteiger partial charge on any atom is 0.122 e. The highest BCUT2D eigenvalue weighted by Crippen LogP contribution is 2.16. The second-order valence-corrected chi connectivity index (χ2v) is 3.54. The summed E-state index contributed by atoms with van der Waals surface area (Å²) in [5, 5.41) is 3.35. The molecule has 1 heterocycles. The average Bonchev–Trinajstić information content (AvgIpc) is 2.12. The van der Waals surface area contributed by atoms with Gasteiger partial charge in [0.05, 0.1) is 0 Å². The maximum atomic E-state index is 4.30. The van der Waals surface area contributed by atoms with E-state index in [1.54, 1.807) is 0 Å². The Bertz CT molecular complexity index is 238. The quantitative estimate of drug-likeness (QED) is 0.645. The van der Waals surface area contributed by atoms with Gasteiger partial charge in [0.1, 0.15) is 5.82 Å². The minimum atomic E-state index is 0.530. The fourth-order valence-electron chi connectivity index (χ4n) is 1.24. The number of rotatable bonds is 2. The van der Waals surface area contributed by atoms with Crippen LogP contribution in [0.2, 0.25) is 0 Å². The van der Waals surface area contributed by atoms with Gasteiger partial charge in [0.2, 0.25) is 0 Å². The van der Waals surface area contributed by atoms with Crippen molar-refractivity contribution in [2.75, 3.05) is 0 Å². The molecule has 0 aromatic carbocycles. The molecular weight excluding hydrogens is 160 g/mol. The number of allylic oxidation sites excluding steroid dienone is 3. The van der Waals surface area contributed by atoms with Crippen LogP contribution in [-0.4, -0.2) is 12.3 Å². The summed E-state index contributed by atoms with van der Waals surface area (Å²) in [6.45, 7) is 6.43. The van der Waals surface area contributed by atoms with Gasteiger partial charge >= 0.3 is 0 Å². The van der Waals surface area contributed by atoms with E-state index in [9.17, 15) is 0 Å². The highest BCUT2D eigenvalue weighted by molar-refractivity contribution is 5.71. The van der Waals surface area contributed by atoms with Gasteiger partial charge in [-0.2, -0.15) is 0 Å². The molecule has 1 rings (SSSR count). The monoisotopic (exact) mass is 178 g/mol. The summed E-state index contributed by atoms with van der Waals surface area (Å²) in [6.07, 6.45) is 9.01. The van der Waals surface area contributed by atoms with Gasteiger partial charge in [-0.25, -0.2) is 4.99 Å². The summed E-state index contributed by atoms with van der Waals surface area (Å²) in [6, 6.07) is 0.530. The van der Waals surface area contributed by atoms with E-state index in [4.69, 9.17) is 0 Å². The normalized spacial score (nSPS) is 29.3. The fourth-order valence-corrected chi connectivity index (χ4v) is 1.24. The number of nitrogens with one attached hydrogen (secondary N) is 1. The SMILES string of the molecule is C/C=C\C=N/C1=CCC(C)C(C)N1. The average molecular weight is 178 g/mol. The molecule has 0 aliphatic carbocycles. The lowest BCUT2D eigenvalue weighted by Crippen LogP contribution is -2.34. The number of hydrogen-bond donors (Lipinski definition) is 1. The van der Waals surface area contributed by atoms with Crippen LogP contribution in [0.15, 0.2) is 29.0 Å². The van der Waals surface area contributed by atoms with Crippen molar-refractivity contribution >= 4 is 6.21 Å². The van der Waals surface area contributed by atoms with Crippen LogP contribution in [0.4, 0.5) is 0 Å². The number of hydrogen-bond acceptors (Lipinski definition) is 2. The van der Waals surface area contributed by atoms with Crippen LogP contribution >= 0.6 is 0 Å². The van der Waals surface area contributed by atoms with Gasteiger partial charge < -0.3 is 5.32 Å². The predicted octanol–water partition coefficient (Wildman–Crippen LogP) is 2.49. The lowest BCUT2D eigenvalue weighted by molar-refractivity contribution is 0.407. The molecule has 0 saturated heterocycles. The Morgan fingerprint density at radius 3 is 2.92 bits per heavy atom. The lowest BCUT2D eigenvalue weighted by Gasteiger charge is -2.25. The molecule has 0 fully saturated rings. The summed E-state index contributed by atoms with van der Waals surface area (Å²) in [7, 11) is 0.